The summed E-state index contributed by atoms with van der Waals surface area (Å²) in [6, 6.07) is 8.88. The maximum absolute atomic E-state index is 13.8. The predicted molar refractivity (Wildman–Crippen MR) is 135 cm³/mol. The first-order valence-electron chi connectivity index (χ1n) is 11.2. The molecule has 1 atom stereocenters. The molecule has 0 spiro atoms. The molecule has 0 radical (unpaired) electrons. The quantitative estimate of drug-likeness (QED) is 0.508. The summed E-state index contributed by atoms with van der Waals surface area (Å²) in [5.41, 5.74) is 0.551. The number of hydrogen-bond donors (Lipinski definition) is 1. The van der Waals surface area contributed by atoms with E-state index in [1.165, 1.54) is 29.2 Å². The Kier molecular flexibility index (Phi) is 9.01. The summed E-state index contributed by atoms with van der Waals surface area (Å²) < 4.78 is 39.6. The van der Waals surface area contributed by atoms with Crippen molar-refractivity contribution in [3.8, 4) is 0 Å². The van der Waals surface area contributed by atoms with Crippen molar-refractivity contribution in [2.24, 2.45) is 0 Å². The van der Waals surface area contributed by atoms with E-state index < -0.39 is 34.3 Å². The van der Waals surface area contributed by atoms with Gasteiger partial charge in [-0.15, -0.1) is 0 Å². The second-order valence-corrected chi connectivity index (χ2v) is 11.4. The number of rotatable bonds is 9. The third-order valence-electron chi connectivity index (χ3n) is 6.00. The Labute approximate surface area is 215 Å². The standard InChI is InChI=1S/C24H28Cl2FN3O4S/c1-16(24(32)28-20-7-3-4-8-20)29(14-17-10-11-18(25)12-22(17)26)23(31)15-30(35(2,33)34)21-9-5-6-19(27)13-21/h5-6,9-13,16,20H,3-4,7-8,14-15H2,1-2H3,(H,28,32)/t16-/m0/s1. The van der Waals surface area contributed by atoms with E-state index >= 15 is 0 Å². The maximum Gasteiger partial charge on any atom is 0.244 e. The highest BCUT2D eigenvalue weighted by atomic mass is 35.5. The first kappa shape index (κ1) is 27.2. The molecule has 0 heterocycles. The Morgan fingerprint density at radius 3 is 2.43 bits per heavy atom. The zero-order valence-corrected chi connectivity index (χ0v) is 21.8. The molecule has 11 heteroatoms. The number of sulfonamides is 1. The summed E-state index contributed by atoms with van der Waals surface area (Å²) in [5.74, 6) is -1.62. The zero-order chi connectivity index (χ0) is 25.8. The van der Waals surface area contributed by atoms with Gasteiger partial charge in [0.2, 0.25) is 21.8 Å². The van der Waals surface area contributed by atoms with E-state index in [1.54, 1.807) is 19.1 Å². The average Bonchev–Trinajstić information content (AvgIpc) is 3.28. The van der Waals surface area contributed by atoms with Gasteiger partial charge in [-0.3, -0.25) is 13.9 Å². The lowest BCUT2D eigenvalue weighted by atomic mass is 10.1. The molecule has 7 nitrogen and oxygen atoms in total. The molecule has 190 valence electrons. The van der Waals surface area contributed by atoms with Gasteiger partial charge in [-0.2, -0.15) is 0 Å². The van der Waals surface area contributed by atoms with E-state index in [1.807, 2.05) is 0 Å². The summed E-state index contributed by atoms with van der Waals surface area (Å²) in [5, 5.41) is 3.70. The molecule has 1 aliphatic rings. The van der Waals surface area contributed by atoms with Crippen molar-refractivity contribution >= 4 is 50.7 Å². The summed E-state index contributed by atoms with van der Waals surface area (Å²) in [4.78, 5) is 27.8. The molecule has 0 unspecified atom stereocenters. The summed E-state index contributed by atoms with van der Waals surface area (Å²) in [7, 11) is -3.94. The van der Waals surface area contributed by atoms with Crippen molar-refractivity contribution < 1.29 is 22.4 Å². The number of hydrogen-bond acceptors (Lipinski definition) is 4. The fraction of sp³-hybridized carbons (Fsp3) is 0.417. The fourth-order valence-corrected chi connectivity index (χ4v) is 5.36. The van der Waals surface area contributed by atoms with Crippen LogP contribution in [0.15, 0.2) is 42.5 Å². The van der Waals surface area contributed by atoms with Crippen LogP contribution in [0.3, 0.4) is 0 Å². The number of amides is 2. The van der Waals surface area contributed by atoms with Crippen LogP contribution >= 0.6 is 23.2 Å². The monoisotopic (exact) mass is 543 g/mol. The van der Waals surface area contributed by atoms with Gasteiger partial charge in [0.05, 0.1) is 11.9 Å². The van der Waals surface area contributed by atoms with E-state index in [0.29, 0.717) is 15.6 Å². The topological polar surface area (TPSA) is 86.8 Å². The molecular formula is C24H28Cl2FN3O4S. The number of nitrogens with one attached hydrogen (secondary N) is 1. The minimum Gasteiger partial charge on any atom is -0.352 e. The Morgan fingerprint density at radius 1 is 1.14 bits per heavy atom. The van der Waals surface area contributed by atoms with Crippen molar-refractivity contribution in [2.45, 2.75) is 51.2 Å². The van der Waals surface area contributed by atoms with Gasteiger partial charge in [0, 0.05) is 22.6 Å². The fourth-order valence-electron chi connectivity index (χ4n) is 4.05. The molecule has 2 amide bonds. The second-order valence-electron chi connectivity index (χ2n) is 8.67. The van der Waals surface area contributed by atoms with Gasteiger partial charge in [0.1, 0.15) is 18.4 Å². The lowest BCUT2D eigenvalue weighted by Crippen LogP contribution is -2.52. The second kappa shape index (κ2) is 11.6. The van der Waals surface area contributed by atoms with Crippen molar-refractivity contribution in [2.75, 3.05) is 17.1 Å². The molecule has 0 bridgehead atoms. The van der Waals surface area contributed by atoms with Crippen molar-refractivity contribution in [1.82, 2.24) is 10.2 Å². The van der Waals surface area contributed by atoms with Crippen molar-refractivity contribution in [3.05, 3.63) is 63.9 Å². The minimum atomic E-state index is -3.94. The smallest absolute Gasteiger partial charge is 0.244 e. The normalized spacial score (nSPS) is 15.0. The maximum atomic E-state index is 13.8. The number of halogens is 3. The molecule has 1 aliphatic carbocycles. The number of benzene rings is 2. The Hall–Kier alpha value is -2.36. The zero-order valence-electron chi connectivity index (χ0n) is 19.5. The summed E-state index contributed by atoms with van der Waals surface area (Å²) in [6.45, 7) is 0.919. The van der Waals surface area contributed by atoms with Crippen LogP contribution in [0.25, 0.3) is 0 Å². The highest BCUT2D eigenvalue weighted by molar-refractivity contribution is 7.92. The van der Waals surface area contributed by atoms with E-state index in [2.05, 4.69) is 5.32 Å². The minimum absolute atomic E-state index is 0.00776. The van der Waals surface area contributed by atoms with Crippen molar-refractivity contribution in [3.63, 3.8) is 0 Å². The Bertz CT molecular complexity index is 1190. The molecule has 0 saturated heterocycles. The third-order valence-corrected chi connectivity index (χ3v) is 7.73. The average molecular weight is 544 g/mol. The molecule has 3 rings (SSSR count). The van der Waals surface area contributed by atoms with Crippen LogP contribution in [0, 0.1) is 5.82 Å². The SMILES string of the molecule is C[C@@H](C(=O)NC1CCCC1)N(Cc1ccc(Cl)cc1Cl)C(=O)CN(c1cccc(F)c1)S(C)(=O)=O. The van der Waals surface area contributed by atoms with Gasteiger partial charge in [-0.1, -0.05) is 48.2 Å². The first-order valence-corrected chi connectivity index (χ1v) is 13.8. The Morgan fingerprint density at radius 2 is 1.83 bits per heavy atom. The van der Waals surface area contributed by atoms with Gasteiger partial charge < -0.3 is 10.2 Å². The van der Waals surface area contributed by atoms with Gasteiger partial charge in [0.15, 0.2) is 0 Å². The summed E-state index contributed by atoms with van der Waals surface area (Å²) >= 11 is 12.3. The number of carbonyl (C=O) groups excluding carboxylic acids is 2. The largest absolute Gasteiger partial charge is 0.352 e. The number of anilines is 1. The molecule has 1 saturated carbocycles. The molecule has 0 aromatic heterocycles. The predicted octanol–water partition coefficient (Wildman–Crippen LogP) is 4.37. The van der Waals surface area contributed by atoms with Gasteiger partial charge >= 0.3 is 0 Å². The number of nitrogens with zero attached hydrogens (tertiary/aromatic N) is 2. The Balaban J connectivity index is 1.90. The van der Waals surface area contributed by atoms with Crippen LogP contribution < -0.4 is 9.62 Å². The molecule has 35 heavy (non-hydrogen) atoms. The molecule has 2 aromatic rings. The van der Waals surface area contributed by atoms with Crippen LogP contribution in [0.2, 0.25) is 10.0 Å². The lowest BCUT2D eigenvalue weighted by Gasteiger charge is -2.32. The van der Waals surface area contributed by atoms with Gasteiger partial charge in [-0.05, 0) is 55.7 Å². The summed E-state index contributed by atoms with van der Waals surface area (Å²) in [6.07, 6.45) is 4.73. The van der Waals surface area contributed by atoms with E-state index in [4.69, 9.17) is 23.2 Å². The van der Waals surface area contributed by atoms with E-state index in [0.717, 1.165) is 42.3 Å². The van der Waals surface area contributed by atoms with Crippen LogP contribution in [-0.4, -0.2) is 50.0 Å². The molecule has 2 aromatic carbocycles. The number of carbonyl (C=O) groups is 2. The van der Waals surface area contributed by atoms with Crippen LogP contribution in [0.5, 0.6) is 0 Å². The van der Waals surface area contributed by atoms with Crippen LogP contribution in [-0.2, 0) is 26.2 Å². The van der Waals surface area contributed by atoms with Gasteiger partial charge in [-0.25, -0.2) is 12.8 Å². The van der Waals surface area contributed by atoms with E-state index in [-0.39, 0.29) is 24.2 Å². The highest BCUT2D eigenvalue weighted by Gasteiger charge is 2.31. The van der Waals surface area contributed by atoms with Crippen molar-refractivity contribution in [1.29, 1.82) is 0 Å². The van der Waals surface area contributed by atoms with Crippen LogP contribution in [0.1, 0.15) is 38.2 Å². The molecule has 0 aliphatic heterocycles. The molecular weight excluding hydrogens is 516 g/mol. The van der Waals surface area contributed by atoms with Gasteiger partial charge in [0.25, 0.3) is 0 Å². The highest BCUT2D eigenvalue weighted by Crippen LogP contribution is 2.25. The van der Waals surface area contributed by atoms with E-state index in [9.17, 15) is 22.4 Å². The molecule has 1 fully saturated rings. The molecule has 1 N–H and O–H groups in total. The third kappa shape index (κ3) is 7.32. The van der Waals surface area contributed by atoms with Crippen LogP contribution in [0.4, 0.5) is 10.1 Å². The first-order chi connectivity index (χ1) is 16.5. The lowest BCUT2D eigenvalue weighted by molar-refractivity contribution is -0.139.